The Kier molecular flexibility index (Phi) is 7.61. The highest BCUT2D eigenvalue weighted by molar-refractivity contribution is 5.53. The van der Waals surface area contributed by atoms with Gasteiger partial charge in [-0.2, -0.15) is 0 Å². The Labute approximate surface area is 173 Å². The van der Waals surface area contributed by atoms with Gasteiger partial charge in [-0.3, -0.25) is 4.90 Å². The first-order valence-electron chi connectivity index (χ1n) is 10.4. The molecule has 0 spiro atoms. The summed E-state index contributed by atoms with van der Waals surface area (Å²) in [5.41, 5.74) is 2.50. The zero-order valence-electron chi connectivity index (χ0n) is 18.0. The van der Waals surface area contributed by atoms with Gasteiger partial charge in [0.1, 0.15) is 26.2 Å². The van der Waals surface area contributed by atoms with Gasteiger partial charge in [-0.15, -0.1) is 0 Å². The fourth-order valence-electron chi connectivity index (χ4n) is 4.07. The Morgan fingerprint density at radius 2 is 1.48 bits per heavy atom. The van der Waals surface area contributed by atoms with Gasteiger partial charge in [0.25, 0.3) is 0 Å². The summed E-state index contributed by atoms with van der Waals surface area (Å²) in [6, 6.07) is 12.5. The van der Waals surface area contributed by atoms with E-state index in [2.05, 4.69) is 30.3 Å². The van der Waals surface area contributed by atoms with Gasteiger partial charge < -0.3 is 23.8 Å². The lowest BCUT2D eigenvalue weighted by Crippen LogP contribution is -3.26. The first-order chi connectivity index (χ1) is 14.2. The molecule has 0 unspecified atom stereocenters. The fraction of sp³-hybridized carbons (Fsp3) is 0.478. The Balaban J connectivity index is 1.58. The van der Waals surface area contributed by atoms with E-state index in [1.165, 1.54) is 16.2 Å². The van der Waals surface area contributed by atoms with E-state index in [0.717, 1.165) is 56.4 Å². The van der Waals surface area contributed by atoms with Gasteiger partial charge in [0.15, 0.2) is 22.9 Å². The summed E-state index contributed by atoms with van der Waals surface area (Å²) in [5, 5.41) is 0. The second kappa shape index (κ2) is 10.4. The van der Waals surface area contributed by atoms with Gasteiger partial charge in [-0.1, -0.05) is 12.1 Å². The van der Waals surface area contributed by atoms with Crippen molar-refractivity contribution in [2.24, 2.45) is 0 Å². The fourth-order valence-corrected chi connectivity index (χ4v) is 4.07. The second-order valence-corrected chi connectivity index (χ2v) is 7.32. The normalized spacial score (nSPS) is 18.9. The largest absolute Gasteiger partial charge is 0.493 e. The number of rotatable bonds is 9. The van der Waals surface area contributed by atoms with Crippen LogP contribution in [0.4, 0.5) is 5.69 Å². The number of benzene rings is 2. The van der Waals surface area contributed by atoms with Gasteiger partial charge in [-0.05, 0) is 30.7 Å². The van der Waals surface area contributed by atoms with E-state index in [1.54, 1.807) is 26.2 Å². The van der Waals surface area contributed by atoms with Crippen LogP contribution >= 0.6 is 0 Å². The van der Waals surface area contributed by atoms with Crippen LogP contribution in [0.3, 0.4) is 0 Å². The highest BCUT2D eigenvalue weighted by atomic mass is 16.5. The Morgan fingerprint density at radius 1 is 0.828 bits per heavy atom. The summed E-state index contributed by atoms with van der Waals surface area (Å²) in [5.74, 6) is 3.11. The summed E-state index contributed by atoms with van der Waals surface area (Å²) in [7, 11) is 4.96. The van der Waals surface area contributed by atoms with Gasteiger partial charge in [0.2, 0.25) is 5.75 Å². The topological polar surface area (TPSA) is 45.8 Å². The molecule has 0 aliphatic carbocycles. The SMILES string of the molecule is CCOc1ccccc1[NH+]1CC[NH+](CCc2cc(OC)c(OC)c(OC)c2)CC1. The molecule has 0 atom stereocenters. The van der Waals surface area contributed by atoms with Crippen molar-refractivity contribution in [1.82, 2.24) is 0 Å². The molecule has 0 radical (unpaired) electrons. The third-order valence-corrected chi connectivity index (χ3v) is 5.62. The zero-order chi connectivity index (χ0) is 20.6. The number of quaternary nitrogens is 2. The molecular weight excluding hydrogens is 368 g/mol. The molecule has 2 N–H and O–H groups in total. The lowest BCUT2D eigenvalue weighted by Gasteiger charge is -2.30. The third kappa shape index (κ3) is 5.14. The minimum absolute atomic E-state index is 0.649. The van der Waals surface area contributed by atoms with Crippen molar-refractivity contribution in [3.05, 3.63) is 42.0 Å². The number of methoxy groups -OCH3 is 3. The smallest absolute Gasteiger partial charge is 0.203 e. The molecule has 1 aliphatic heterocycles. The number of piperazine rings is 1. The molecule has 0 bridgehead atoms. The minimum Gasteiger partial charge on any atom is -0.493 e. The molecule has 2 aromatic rings. The van der Waals surface area contributed by atoms with E-state index in [1.807, 2.05) is 13.0 Å². The minimum atomic E-state index is 0.649. The Bertz CT molecular complexity index is 763. The summed E-state index contributed by atoms with van der Waals surface area (Å²) in [6.07, 6.45) is 0.983. The number of ether oxygens (including phenoxy) is 4. The van der Waals surface area contributed by atoms with Crippen molar-refractivity contribution in [2.75, 3.05) is 60.7 Å². The number of hydrogen-bond donors (Lipinski definition) is 2. The average Bonchev–Trinajstić information content (AvgIpc) is 2.78. The van der Waals surface area contributed by atoms with Crippen LogP contribution < -0.4 is 28.7 Å². The van der Waals surface area contributed by atoms with Crippen molar-refractivity contribution < 1.29 is 28.7 Å². The zero-order valence-corrected chi connectivity index (χ0v) is 18.0. The molecule has 6 heteroatoms. The van der Waals surface area contributed by atoms with Crippen LogP contribution in [-0.4, -0.2) is 60.7 Å². The van der Waals surface area contributed by atoms with E-state index in [4.69, 9.17) is 18.9 Å². The van der Waals surface area contributed by atoms with Crippen LogP contribution in [0.2, 0.25) is 0 Å². The lowest BCUT2D eigenvalue weighted by molar-refractivity contribution is -0.986. The van der Waals surface area contributed by atoms with Crippen LogP contribution in [0, 0.1) is 0 Å². The van der Waals surface area contributed by atoms with E-state index in [0.29, 0.717) is 12.4 Å². The maximum Gasteiger partial charge on any atom is 0.203 e. The molecule has 1 heterocycles. The van der Waals surface area contributed by atoms with Crippen LogP contribution in [-0.2, 0) is 6.42 Å². The summed E-state index contributed by atoms with van der Waals surface area (Å²) in [4.78, 5) is 3.15. The van der Waals surface area contributed by atoms with Crippen molar-refractivity contribution in [2.45, 2.75) is 13.3 Å². The highest BCUT2D eigenvalue weighted by Gasteiger charge is 2.26. The Morgan fingerprint density at radius 3 is 2.07 bits per heavy atom. The predicted octanol–water partition coefficient (Wildman–Crippen LogP) is 0.769. The monoisotopic (exact) mass is 402 g/mol. The van der Waals surface area contributed by atoms with E-state index < -0.39 is 0 Å². The van der Waals surface area contributed by atoms with Crippen molar-refractivity contribution in [3.63, 3.8) is 0 Å². The molecule has 0 aromatic heterocycles. The molecule has 158 valence electrons. The first-order valence-corrected chi connectivity index (χ1v) is 10.4. The molecule has 1 saturated heterocycles. The molecule has 0 amide bonds. The molecule has 1 aliphatic rings. The summed E-state index contributed by atoms with van der Waals surface area (Å²) >= 11 is 0. The maximum atomic E-state index is 5.82. The van der Waals surface area contributed by atoms with E-state index >= 15 is 0 Å². The molecule has 3 rings (SSSR count). The molecule has 2 aromatic carbocycles. The Hall–Kier alpha value is -2.44. The number of nitrogens with one attached hydrogen (secondary N) is 2. The molecular formula is C23H34N2O4+2. The molecule has 1 fully saturated rings. The van der Waals surface area contributed by atoms with Crippen molar-refractivity contribution in [3.8, 4) is 23.0 Å². The number of para-hydroxylation sites is 2. The van der Waals surface area contributed by atoms with Gasteiger partial charge in [0.05, 0.1) is 34.5 Å². The average molecular weight is 403 g/mol. The summed E-state index contributed by atoms with van der Waals surface area (Å²) < 4.78 is 22.2. The van der Waals surface area contributed by atoms with E-state index in [9.17, 15) is 0 Å². The first kappa shape index (κ1) is 21.3. The second-order valence-electron chi connectivity index (χ2n) is 7.32. The van der Waals surface area contributed by atoms with Gasteiger partial charge in [0, 0.05) is 12.5 Å². The van der Waals surface area contributed by atoms with Crippen LogP contribution in [0.1, 0.15) is 12.5 Å². The van der Waals surface area contributed by atoms with E-state index in [-0.39, 0.29) is 0 Å². The van der Waals surface area contributed by atoms with Crippen LogP contribution in [0.5, 0.6) is 23.0 Å². The standard InChI is InChI=1S/C23H32N2O4/c1-5-29-20-9-7-6-8-19(20)25-14-12-24(13-15-25)11-10-18-16-21(26-2)23(28-4)22(17-18)27-3/h6-9,16-17H,5,10-15H2,1-4H3/p+2. The van der Waals surface area contributed by atoms with Crippen LogP contribution in [0.15, 0.2) is 36.4 Å². The molecule has 6 nitrogen and oxygen atoms in total. The highest BCUT2D eigenvalue weighted by Crippen LogP contribution is 2.38. The predicted molar refractivity (Wildman–Crippen MR) is 113 cm³/mol. The van der Waals surface area contributed by atoms with Crippen molar-refractivity contribution >= 4 is 5.69 Å². The molecule has 0 saturated carbocycles. The van der Waals surface area contributed by atoms with Crippen LogP contribution in [0.25, 0.3) is 0 Å². The molecule has 29 heavy (non-hydrogen) atoms. The quantitative estimate of drug-likeness (QED) is 0.651. The maximum absolute atomic E-state index is 5.82. The van der Waals surface area contributed by atoms with Gasteiger partial charge >= 0.3 is 0 Å². The lowest BCUT2D eigenvalue weighted by atomic mass is 10.1. The van der Waals surface area contributed by atoms with Gasteiger partial charge in [-0.25, -0.2) is 0 Å². The summed E-state index contributed by atoms with van der Waals surface area (Å²) in [6.45, 7) is 8.39. The van der Waals surface area contributed by atoms with Crippen molar-refractivity contribution in [1.29, 1.82) is 0 Å². The third-order valence-electron chi connectivity index (χ3n) is 5.62. The number of hydrogen-bond acceptors (Lipinski definition) is 4.